The van der Waals surface area contributed by atoms with Crippen molar-refractivity contribution in [3.8, 4) is 0 Å². The average molecular weight is 255 g/mol. The summed E-state index contributed by atoms with van der Waals surface area (Å²) in [5.74, 6) is 0.129. The van der Waals surface area contributed by atoms with Gasteiger partial charge in [-0.3, -0.25) is 4.79 Å². The van der Waals surface area contributed by atoms with E-state index in [1.807, 2.05) is 10.3 Å². The largest absolute Gasteiger partial charge is 0.381 e. The highest BCUT2D eigenvalue weighted by Crippen LogP contribution is 2.16. The molecule has 0 aromatic carbocycles. The molecular formula is C11H17N3O2S. The van der Waals surface area contributed by atoms with Gasteiger partial charge >= 0.3 is 0 Å². The number of rotatable bonds is 3. The summed E-state index contributed by atoms with van der Waals surface area (Å²) in [6, 6.07) is 0. The van der Waals surface area contributed by atoms with E-state index in [4.69, 9.17) is 10.5 Å². The van der Waals surface area contributed by atoms with Gasteiger partial charge in [-0.15, -0.1) is 11.3 Å². The third-order valence-corrected chi connectivity index (χ3v) is 3.75. The first-order chi connectivity index (χ1) is 8.19. The molecule has 1 aliphatic rings. The van der Waals surface area contributed by atoms with Crippen molar-refractivity contribution >= 4 is 22.4 Å². The summed E-state index contributed by atoms with van der Waals surface area (Å²) in [6.07, 6.45) is 2.49. The second-order valence-corrected chi connectivity index (χ2v) is 5.06. The fourth-order valence-electron chi connectivity index (χ4n) is 2.01. The quantitative estimate of drug-likeness (QED) is 0.871. The summed E-state index contributed by atoms with van der Waals surface area (Å²) in [7, 11) is 1.72. The zero-order valence-corrected chi connectivity index (χ0v) is 10.7. The van der Waals surface area contributed by atoms with Crippen LogP contribution in [0.2, 0.25) is 0 Å². The second-order valence-electron chi connectivity index (χ2n) is 4.17. The molecule has 0 spiro atoms. The Morgan fingerprint density at radius 1 is 1.65 bits per heavy atom. The Labute approximate surface area is 105 Å². The van der Waals surface area contributed by atoms with Gasteiger partial charge in [0.1, 0.15) is 0 Å². The van der Waals surface area contributed by atoms with E-state index < -0.39 is 0 Å². The molecular weight excluding hydrogens is 238 g/mol. The second kappa shape index (κ2) is 5.46. The summed E-state index contributed by atoms with van der Waals surface area (Å²) < 4.78 is 5.28. The van der Waals surface area contributed by atoms with Crippen LogP contribution >= 0.6 is 11.3 Å². The molecule has 5 nitrogen and oxygen atoms in total. The molecule has 94 valence electrons. The molecule has 17 heavy (non-hydrogen) atoms. The zero-order valence-electron chi connectivity index (χ0n) is 9.89. The van der Waals surface area contributed by atoms with Crippen molar-refractivity contribution in [3.05, 3.63) is 11.1 Å². The number of carbonyl (C=O) groups excluding carboxylic acids is 1. The molecule has 0 atom stereocenters. The summed E-state index contributed by atoms with van der Waals surface area (Å²) in [4.78, 5) is 18.0. The molecule has 1 aliphatic heterocycles. The highest BCUT2D eigenvalue weighted by atomic mass is 32.1. The molecule has 2 rings (SSSR count). The highest BCUT2D eigenvalue weighted by Gasteiger charge is 2.22. The fourth-order valence-corrected chi connectivity index (χ4v) is 2.57. The lowest BCUT2D eigenvalue weighted by atomic mass is 10.1. The number of anilines is 1. The highest BCUT2D eigenvalue weighted by molar-refractivity contribution is 7.13. The number of hydrogen-bond acceptors (Lipinski definition) is 5. The van der Waals surface area contributed by atoms with Gasteiger partial charge in [0, 0.05) is 25.6 Å². The Balaban J connectivity index is 1.85. The molecule has 0 unspecified atom stereocenters. The number of aromatic nitrogens is 1. The van der Waals surface area contributed by atoms with Gasteiger partial charge in [0.2, 0.25) is 5.91 Å². The van der Waals surface area contributed by atoms with Crippen LogP contribution in [0.4, 0.5) is 5.13 Å². The summed E-state index contributed by atoms with van der Waals surface area (Å²) in [6.45, 7) is 1.55. The molecule has 1 aromatic rings. The van der Waals surface area contributed by atoms with E-state index in [0.29, 0.717) is 17.7 Å². The monoisotopic (exact) mass is 255 g/mol. The SMILES string of the molecule is COC1CCN(C(=O)Cc2csc(N)n2)CC1. The first-order valence-electron chi connectivity index (χ1n) is 5.69. The molecule has 1 amide bonds. The first kappa shape index (κ1) is 12.3. The smallest absolute Gasteiger partial charge is 0.228 e. The Kier molecular flexibility index (Phi) is 3.96. The predicted octanol–water partition coefficient (Wildman–Crippen LogP) is 0.905. The molecule has 0 bridgehead atoms. The third kappa shape index (κ3) is 3.17. The summed E-state index contributed by atoms with van der Waals surface area (Å²) in [5, 5.41) is 2.36. The van der Waals surface area contributed by atoms with Crippen molar-refractivity contribution in [1.82, 2.24) is 9.88 Å². The van der Waals surface area contributed by atoms with Gasteiger partial charge in [-0.2, -0.15) is 0 Å². The molecule has 0 radical (unpaired) electrons. The van der Waals surface area contributed by atoms with Crippen molar-refractivity contribution in [3.63, 3.8) is 0 Å². The molecule has 1 aromatic heterocycles. The van der Waals surface area contributed by atoms with Gasteiger partial charge in [-0.05, 0) is 12.8 Å². The molecule has 0 aliphatic carbocycles. The standard InChI is InChI=1S/C11H17N3O2S/c1-16-9-2-4-14(5-3-9)10(15)6-8-7-17-11(12)13-8/h7,9H,2-6H2,1H3,(H2,12,13). The number of piperidine rings is 1. The van der Waals surface area contributed by atoms with Crippen molar-refractivity contribution in [2.75, 3.05) is 25.9 Å². The maximum Gasteiger partial charge on any atom is 0.228 e. The number of nitrogens with two attached hydrogens (primary N) is 1. The van der Waals surface area contributed by atoms with E-state index in [9.17, 15) is 4.79 Å². The molecule has 0 saturated carbocycles. The van der Waals surface area contributed by atoms with Crippen LogP contribution in [0.5, 0.6) is 0 Å². The number of thiazole rings is 1. The van der Waals surface area contributed by atoms with Crippen molar-refractivity contribution in [1.29, 1.82) is 0 Å². The van der Waals surface area contributed by atoms with Crippen LogP contribution in [0, 0.1) is 0 Å². The number of likely N-dealkylation sites (tertiary alicyclic amines) is 1. The number of nitrogen functional groups attached to an aromatic ring is 1. The molecule has 2 N–H and O–H groups in total. The van der Waals surface area contributed by atoms with E-state index >= 15 is 0 Å². The van der Waals surface area contributed by atoms with Crippen molar-refractivity contribution in [2.45, 2.75) is 25.4 Å². The van der Waals surface area contributed by atoms with Gasteiger partial charge in [-0.1, -0.05) is 0 Å². The maximum atomic E-state index is 12.0. The van der Waals surface area contributed by atoms with Crippen molar-refractivity contribution < 1.29 is 9.53 Å². The lowest BCUT2D eigenvalue weighted by molar-refractivity contribution is -0.132. The van der Waals surface area contributed by atoms with Crippen LogP contribution in [0.25, 0.3) is 0 Å². The zero-order chi connectivity index (χ0) is 12.3. The first-order valence-corrected chi connectivity index (χ1v) is 6.57. The van der Waals surface area contributed by atoms with Crippen LogP contribution < -0.4 is 5.73 Å². The summed E-state index contributed by atoms with van der Waals surface area (Å²) >= 11 is 1.37. The van der Waals surface area contributed by atoms with Crippen LogP contribution in [0.3, 0.4) is 0 Å². The molecule has 6 heteroatoms. The van der Waals surface area contributed by atoms with Gasteiger partial charge in [0.15, 0.2) is 5.13 Å². The number of hydrogen-bond donors (Lipinski definition) is 1. The van der Waals surface area contributed by atoms with E-state index in [-0.39, 0.29) is 5.91 Å². The van der Waals surface area contributed by atoms with E-state index in [0.717, 1.165) is 31.6 Å². The predicted molar refractivity (Wildman–Crippen MR) is 66.8 cm³/mol. The lowest BCUT2D eigenvalue weighted by Crippen LogP contribution is -2.41. The topological polar surface area (TPSA) is 68.5 Å². The van der Waals surface area contributed by atoms with Gasteiger partial charge in [-0.25, -0.2) is 4.98 Å². The Hall–Kier alpha value is -1.14. The van der Waals surface area contributed by atoms with Crippen LogP contribution in [0.15, 0.2) is 5.38 Å². The van der Waals surface area contributed by atoms with E-state index in [2.05, 4.69) is 4.98 Å². The third-order valence-electron chi connectivity index (χ3n) is 3.03. The number of amides is 1. The lowest BCUT2D eigenvalue weighted by Gasteiger charge is -2.31. The van der Waals surface area contributed by atoms with Crippen LogP contribution in [0.1, 0.15) is 18.5 Å². The Morgan fingerprint density at radius 2 is 2.35 bits per heavy atom. The Bertz CT molecular complexity index is 386. The number of carbonyl (C=O) groups is 1. The average Bonchev–Trinajstić information content (AvgIpc) is 2.75. The van der Waals surface area contributed by atoms with Crippen molar-refractivity contribution in [2.24, 2.45) is 0 Å². The van der Waals surface area contributed by atoms with Gasteiger partial charge in [0.05, 0.1) is 18.2 Å². The number of ether oxygens (including phenoxy) is 1. The Morgan fingerprint density at radius 3 is 2.88 bits per heavy atom. The van der Waals surface area contributed by atoms with Gasteiger partial charge in [0.25, 0.3) is 0 Å². The minimum atomic E-state index is 0.129. The normalized spacial score (nSPS) is 17.4. The summed E-state index contributed by atoms with van der Waals surface area (Å²) in [5.41, 5.74) is 6.30. The van der Waals surface area contributed by atoms with Gasteiger partial charge < -0.3 is 15.4 Å². The minimum absolute atomic E-state index is 0.129. The minimum Gasteiger partial charge on any atom is -0.381 e. The molecule has 1 saturated heterocycles. The molecule has 1 fully saturated rings. The maximum absolute atomic E-state index is 12.0. The van der Waals surface area contributed by atoms with E-state index in [1.54, 1.807) is 7.11 Å². The van der Waals surface area contributed by atoms with Crippen LogP contribution in [-0.4, -0.2) is 42.1 Å². The number of methoxy groups -OCH3 is 1. The van der Waals surface area contributed by atoms with Crippen LogP contribution in [-0.2, 0) is 16.0 Å². The fraction of sp³-hybridized carbons (Fsp3) is 0.636. The molecule has 2 heterocycles. The number of nitrogens with zero attached hydrogens (tertiary/aromatic N) is 2. The van der Waals surface area contributed by atoms with E-state index in [1.165, 1.54) is 11.3 Å².